The smallest absolute Gasteiger partial charge is 0.273 e. The molecule has 2 N–H and O–H groups in total. The summed E-state index contributed by atoms with van der Waals surface area (Å²) in [6.07, 6.45) is 6.72. The van der Waals surface area contributed by atoms with Crippen molar-refractivity contribution in [2.45, 2.75) is 43.4 Å². The topological polar surface area (TPSA) is 75.3 Å². The summed E-state index contributed by atoms with van der Waals surface area (Å²) < 4.78 is 25.1. The Kier molecular flexibility index (Phi) is 5.93. The highest BCUT2D eigenvalue weighted by molar-refractivity contribution is 9.10. The van der Waals surface area contributed by atoms with Gasteiger partial charge in [-0.1, -0.05) is 25.0 Å². The molecule has 0 spiro atoms. The van der Waals surface area contributed by atoms with Crippen molar-refractivity contribution in [2.75, 3.05) is 0 Å². The Bertz CT molecular complexity index is 852. The van der Waals surface area contributed by atoms with Crippen molar-refractivity contribution in [1.82, 2.24) is 10.3 Å². The average molecular weight is 443 g/mol. The molecule has 2 aromatic rings. The minimum absolute atomic E-state index is 0.0775. The van der Waals surface area contributed by atoms with Crippen LogP contribution in [0.1, 0.15) is 45.8 Å². The van der Waals surface area contributed by atoms with Gasteiger partial charge >= 0.3 is 0 Å². The Morgan fingerprint density at radius 2 is 1.80 bits per heavy atom. The van der Waals surface area contributed by atoms with Gasteiger partial charge in [0, 0.05) is 9.35 Å². The van der Waals surface area contributed by atoms with Crippen molar-refractivity contribution in [3.05, 3.63) is 50.1 Å². The number of hydrazine groups is 1. The van der Waals surface area contributed by atoms with Gasteiger partial charge in [0.05, 0.1) is 9.77 Å². The number of nitrogens with one attached hydrogen (secondary N) is 2. The molecule has 0 unspecified atom stereocenters. The number of halogens is 1. The summed E-state index contributed by atoms with van der Waals surface area (Å²) >= 11 is 4.67. The van der Waals surface area contributed by atoms with Crippen LogP contribution in [0.2, 0.25) is 0 Å². The Morgan fingerprint density at radius 3 is 2.56 bits per heavy atom. The summed E-state index contributed by atoms with van der Waals surface area (Å²) in [4.78, 5) is 16.4. The number of hydrogen-bond acceptors (Lipinski definition) is 4. The van der Waals surface area contributed by atoms with Gasteiger partial charge in [0.25, 0.3) is 15.9 Å². The number of aryl methyl sites for hydroxylation is 2. The van der Waals surface area contributed by atoms with Crippen molar-refractivity contribution >= 4 is 43.2 Å². The molecule has 0 atom stereocenters. The second-order valence-electron chi connectivity index (χ2n) is 5.96. The zero-order valence-corrected chi connectivity index (χ0v) is 16.8. The van der Waals surface area contributed by atoms with Gasteiger partial charge in [-0.2, -0.15) is 0 Å². The molecule has 1 aliphatic carbocycles. The van der Waals surface area contributed by atoms with E-state index in [4.69, 9.17) is 0 Å². The van der Waals surface area contributed by atoms with E-state index in [9.17, 15) is 13.2 Å². The number of rotatable bonds is 4. The van der Waals surface area contributed by atoms with E-state index in [1.54, 1.807) is 18.2 Å². The first-order valence-corrected chi connectivity index (χ1v) is 11.2. The molecule has 134 valence electrons. The largest absolute Gasteiger partial charge is 0.276 e. The first-order valence-electron chi connectivity index (χ1n) is 8.15. The van der Waals surface area contributed by atoms with Crippen molar-refractivity contribution in [3.8, 4) is 0 Å². The molecule has 25 heavy (non-hydrogen) atoms. The van der Waals surface area contributed by atoms with E-state index in [0.29, 0.717) is 9.35 Å². The third-order valence-electron chi connectivity index (χ3n) is 4.15. The van der Waals surface area contributed by atoms with Gasteiger partial charge < -0.3 is 0 Å². The molecule has 1 amide bonds. The van der Waals surface area contributed by atoms with E-state index in [-0.39, 0.29) is 4.90 Å². The zero-order valence-electron chi connectivity index (χ0n) is 13.5. The number of fused-ring (bicyclic) bond motifs is 1. The zero-order chi connectivity index (χ0) is 17.9. The Hall–Kier alpha value is -1.22. The van der Waals surface area contributed by atoms with E-state index in [2.05, 4.69) is 26.2 Å². The third kappa shape index (κ3) is 4.49. The van der Waals surface area contributed by atoms with E-state index in [1.807, 2.05) is 6.07 Å². The molecule has 1 aromatic heterocycles. The quantitative estimate of drug-likeness (QED) is 0.706. The van der Waals surface area contributed by atoms with Crippen LogP contribution < -0.4 is 10.3 Å². The van der Waals surface area contributed by atoms with Crippen LogP contribution in [0, 0.1) is 0 Å². The molecule has 0 aliphatic heterocycles. The number of sulfonamides is 1. The first-order chi connectivity index (χ1) is 12.0. The number of thiophene rings is 1. The summed E-state index contributed by atoms with van der Waals surface area (Å²) in [5.41, 5.74) is 3.54. The first kappa shape index (κ1) is 18.6. The maximum Gasteiger partial charge on any atom is 0.276 e. The van der Waals surface area contributed by atoms with Crippen molar-refractivity contribution in [2.24, 2.45) is 0 Å². The van der Waals surface area contributed by atoms with Crippen LogP contribution in [-0.2, 0) is 22.9 Å². The number of carbonyl (C=O) groups is 1. The standard InChI is InChI=1S/C17H19BrN2O3S2/c18-13-8-5-6-10-16(13)25(22,23)20-19-17(21)15-11-12-7-3-1-2-4-9-14(12)24-15/h5-6,8,10-11,20H,1-4,7,9H2,(H,19,21). The lowest BCUT2D eigenvalue weighted by Crippen LogP contribution is -2.41. The van der Waals surface area contributed by atoms with Gasteiger partial charge in [-0.3, -0.25) is 10.2 Å². The highest BCUT2D eigenvalue weighted by Crippen LogP contribution is 2.28. The van der Waals surface area contributed by atoms with Crippen molar-refractivity contribution < 1.29 is 13.2 Å². The Labute approximate surface area is 160 Å². The van der Waals surface area contributed by atoms with Crippen LogP contribution in [0.5, 0.6) is 0 Å². The van der Waals surface area contributed by atoms with E-state index >= 15 is 0 Å². The summed E-state index contributed by atoms with van der Waals surface area (Å²) in [7, 11) is -3.83. The molecule has 1 aromatic carbocycles. The minimum atomic E-state index is -3.83. The van der Waals surface area contributed by atoms with Gasteiger partial charge in [0.1, 0.15) is 0 Å². The molecule has 1 heterocycles. The third-order valence-corrected chi connectivity index (χ3v) is 7.64. The predicted molar refractivity (Wildman–Crippen MR) is 102 cm³/mol. The molecule has 0 saturated heterocycles. The molecule has 0 fully saturated rings. The molecule has 3 rings (SSSR count). The highest BCUT2D eigenvalue weighted by atomic mass is 79.9. The monoisotopic (exact) mass is 442 g/mol. The van der Waals surface area contributed by atoms with Gasteiger partial charge in [0.15, 0.2) is 0 Å². The van der Waals surface area contributed by atoms with Crippen LogP contribution >= 0.6 is 27.3 Å². The second kappa shape index (κ2) is 7.99. The predicted octanol–water partition coefficient (Wildman–Crippen LogP) is 3.79. The summed E-state index contributed by atoms with van der Waals surface area (Å²) in [5, 5.41) is 0. The molecule has 5 nitrogen and oxygen atoms in total. The van der Waals surface area contributed by atoms with Crippen LogP contribution in [0.4, 0.5) is 0 Å². The Morgan fingerprint density at radius 1 is 1.08 bits per heavy atom. The Balaban J connectivity index is 1.70. The van der Waals surface area contributed by atoms with Crippen LogP contribution in [0.3, 0.4) is 0 Å². The average Bonchev–Trinajstić information content (AvgIpc) is 2.95. The van der Waals surface area contributed by atoms with E-state index < -0.39 is 15.9 Å². The summed E-state index contributed by atoms with van der Waals surface area (Å²) in [5.74, 6) is -0.424. The van der Waals surface area contributed by atoms with Crippen LogP contribution in [-0.4, -0.2) is 14.3 Å². The normalized spacial score (nSPS) is 15.1. The highest BCUT2D eigenvalue weighted by Gasteiger charge is 2.20. The maximum atomic E-state index is 12.4. The van der Waals surface area contributed by atoms with Gasteiger partial charge in [-0.15, -0.1) is 16.2 Å². The number of benzene rings is 1. The fourth-order valence-corrected chi connectivity index (χ4v) is 5.84. The number of hydrogen-bond donors (Lipinski definition) is 2. The van der Waals surface area contributed by atoms with Gasteiger partial charge in [-0.05, 0) is 65.4 Å². The summed E-state index contributed by atoms with van der Waals surface area (Å²) in [6, 6.07) is 8.35. The SMILES string of the molecule is O=C(NNS(=O)(=O)c1ccccc1Br)c1cc2c(s1)CCCCCC2. The number of carbonyl (C=O) groups excluding carboxylic acids is 1. The van der Waals surface area contributed by atoms with E-state index in [1.165, 1.54) is 40.7 Å². The molecule has 0 saturated carbocycles. The lowest BCUT2D eigenvalue weighted by atomic mass is 10.00. The lowest BCUT2D eigenvalue weighted by molar-refractivity contribution is 0.0949. The lowest BCUT2D eigenvalue weighted by Gasteiger charge is -2.08. The minimum Gasteiger partial charge on any atom is -0.273 e. The van der Waals surface area contributed by atoms with Crippen molar-refractivity contribution in [3.63, 3.8) is 0 Å². The van der Waals surface area contributed by atoms with Gasteiger partial charge in [0.2, 0.25) is 0 Å². The molecular weight excluding hydrogens is 424 g/mol. The van der Waals surface area contributed by atoms with Gasteiger partial charge in [-0.25, -0.2) is 8.42 Å². The second-order valence-corrected chi connectivity index (χ2v) is 9.61. The maximum absolute atomic E-state index is 12.4. The fourth-order valence-electron chi connectivity index (χ4n) is 2.85. The van der Waals surface area contributed by atoms with Crippen molar-refractivity contribution in [1.29, 1.82) is 0 Å². The van der Waals surface area contributed by atoms with E-state index in [0.717, 1.165) is 25.7 Å². The van der Waals surface area contributed by atoms with Crippen LogP contribution in [0.25, 0.3) is 0 Å². The molecule has 8 heteroatoms. The number of amides is 1. The molecular formula is C17H19BrN2O3S2. The van der Waals surface area contributed by atoms with Crippen LogP contribution in [0.15, 0.2) is 39.7 Å². The molecule has 0 radical (unpaired) electrons. The molecule has 1 aliphatic rings. The summed E-state index contributed by atoms with van der Waals surface area (Å²) in [6.45, 7) is 0. The molecule has 0 bridgehead atoms. The fraction of sp³-hybridized carbons (Fsp3) is 0.353.